The first kappa shape index (κ1) is 20.7. The fourth-order valence-corrected chi connectivity index (χ4v) is 3.64. The van der Waals surface area contributed by atoms with Gasteiger partial charge in [0, 0.05) is 6.07 Å². The molecule has 1 heterocycles. The second-order valence-electron chi connectivity index (χ2n) is 6.04. The highest BCUT2D eigenvalue weighted by atomic mass is 35.5. The zero-order chi connectivity index (χ0) is 21.2. The largest absolute Gasteiger partial charge is 0.465 e. The summed E-state index contributed by atoms with van der Waals surface area (Å²) in [5, 5.41) is 2.69. The summed E-state index contributed by atoms with van der Waals surface area (Å²) in [4.78, 5) is 24.2. The van der Waals surface area contributed by atoms with Crippen molar-refractivity contribution in [2.45, 2.75) is 0 Å². The lowest BCUT2D eigenvalue weighted by Crippen LogP contribution is -2.37. The molecule has 0 aliphatic carbocycles. The first-order valence-corrected chi connectivity index (χ1v) is 10.5. The maximum Gasteiger partial charge on any atom is 0.337 e. The maximum atomic E-state index is 12.5. The molecule has 0 radical (unpaired) electrons. The van der Waals surface area contributed by atoms with Gasteiger partial charge in [-0.3, -0.25) is 9.10 Å². The normalized spacial score (nSPS) is 12.4. The highest BCUT2D eigenvalue weighted by Crippen LogP contribution is 2.36. The number of nitrogens with one attached hydrogen (secondary N) is 1. The molecule has 3 rings (SSSR count). The number of amides is 1. The van der Waals surface area contributed by atoms with Crippen LogP contribution in [-0.4, -0.2) is 47.0 Å². The van der Waals surface area contributed by atoms with Gasteiger partial charge in [-0.15, -0.1) is 0 Å². The van der Waals surface area contributed by atoms with Crippen LogP contribution < -0.4 is 19.1 Å². The summed E-state index contributed by atoms with van der Waals surface area (Å²) >= 11 is 6.07. The van der Waals surface area contributed by atoms with E-state index in [1.54, 1.807) is 6.07 Å². The van der Waals surface area contributed by atoms with Crippen LogP contribution in [0, 0.1) is 0 Å². The smallest absolute Gasteiger partial charge is 0.337 e. The second kappa shape index (κ2) is 8.18. The number of esters is 1. The van der Waals surface area contributed by atoms with Gasteiger partial charge in [-0.2, -0.15) is 0 Å². The lowest BCUT2D eigenvalue weighted by Gasteiger charge is -2.22. The van der Waals surface area contributed by atoms with Gasteiger partial charge in [-0.1, -0.05) is 11.6 Å². The Labute approximate surface area is 172 Å². The molecule has 9 nitrogen and oxygen atoms in total. The molecule has 2 aromatic rings. The molecule has 1 aliphatic heterocycles. The van der Waals surface area contributed by atoms with Crippen LogP contribution >= 0.6 is 11.6 Å². The minimum atomic E-state index is -3.79. The number of benzene rings is 2. The number of carbonyl (C=O) groups excluding carboxylic acids is 2. The Kier molecular flexibility index (Phi) is 5.85. The Balaban J connectivity index is 1.82. The molecule has 0 fully saturated rings. The lowest BCUT2D eigenvalue weighted by atomic mass is 10.2. The van der Waals surface area contributed by atoms with Crippen molar-refractivity contribution in [2.75, 3.05) is 36.3 Å². The van der Waals surface area contributed by atoms with E-state index in [2.05, 4.69) is 10.1 Å². The molecule has 0 saturated heterocycles. The molecule has 0 spiro atoms. The van der Waals surface area contributed by atoms with Crippen LogP contribution in [0.25, 0.3) is 0 Å². The van der Waals surface area contributed by atoms with E-state index < -0.39 is 28.4 Å². The maximum absolute atomic E-state index is 12.5. The molecule has 1 amide bonds. The number of rotatable bonds is 6. The van der Waals surface area contributed by atoms with E-state index in [1.165, 1.54) is 37.4 Å². The number of ether oxygens (including phenoxy) is 3. The second-order valence-corrected chi connectivity index (χ2v) is 8.36. The molecule has 0 atom stereocenters. The van der Waals surface area contributed by atoms with E-state index in [1.807, 2.05) is 0 Å². The summed E-state index contributed by atoms with van der Waals surface area (Å²) in [5.74, 6) is -0.393. The van der Waals surface area contributed by atoms with Crippen LogP contribution in [0.4, 0.5) is 11.4 Å². The molecule has 11 heteroatoms. The van der Waals surface area contributed by atoms with Gasteiger partial charge in [-0.05, 0) is 30.3 Å². The highest BCUT2D eigenvalue weighted by Gasteiger charge is 2.24. The van der Waals surface area contributed by atoms with Crippen LogP contribution in [-0.2, 0) is 19.6 Å². The average Bonchev–Trinajstić information content (AvgIpc) is 3.14. The number of hydrogen-bond donors (Lipinski definition) is 1. The van der Waals surface area contributed by atoms with Crippen LogP contribution in [0.15, 0.2) is 36.4 Å². The van der Waals surface area contributed by atoms with E-state index in [0.717, 1.165) is 10.6 Å². The minimum absolute atomic E-state index is 0.0349. The summed E-state index contributed by atoms with van der Waals surface area (Å²) in [5.41, 5.74) is 0.572. The van der Waals surface area contributed by atoms with Crippen molar-refractivity contribution in [3.05, 3.63) is 47.0 Å². The summed E-state index contributed by atoms with van der Waals surface area (Å²) < 4.78 is 40.5. The molecule has 0 aromatic heterocycles. The van der Waals surface area contributed by atoms with E-state index in [-0.39, 0.29) is 28.8 Å². The van der Waals surface area contributed by atoms with Crippen molar-refractivity contribution in [3.63, 3.8) is 0 Å². The number of hydrogen-bond acceptors (Lipinski definition) is 7. The zero-order valence-electron chi connectivity index (χ0n) is 15.5. The van der Waals surface area contributed by atoms with Crippen molar-refractivity contribution in [1.82, 2.24) is 0 Å². The predicted octanol–water partition coefficient (Wildman–Crippen LogP) is 2.26. The predicted molar refractivity (Wildman–Crippen MR) is 106 cm³/mol. The first-order valence-electron chi connectivity index (χ1n) is 8.24. The quantitative estimate of drug-likeness (QED) is 0.685. The van der Waals surface area contributed by atoms with Crippen molar-refractivity contribution in [2.24, 2.45) is 0 Å². The van der Waals surface area contributed by atoms with Crippen LogP contribution in [0.3, 0.4) is 0 Å². The Morgan fingerprint density at radius 1 is 1.17 bits per heavy atom. The zero-order valence-corrected chi connectivity index (χ0v) is 17.0. The monoisotopic (exact) mass is 440 g/mol. The summed E-state index contributed by atoms with van der Waals surface area (Å²) in [6.45, 7) is -0.482. The molecule has 2 aromatic carbocycles. The molecule has 0 unspecified atom stereocenters. The lowest BCUT2D eigenvalue weighted by molar-refractivity contribution is -0.114. The third kappa shape index (κ3) is 4.72. The third-order valence-electron chi connectivity index (χ3n) is 3.99. The van der Waals surface area contributed by atoms with Gasteiger partial charge in [0.25, 0.3) is 0 Å². The molecular formula is C18H17ClN2O7S. The van der Waals surface area contributed by atoms with E-state index in [4.69, 9.17) is 21.1 Å². The Bertz CT molecular complexity index is 1070. The molecule has 154 valence electrons. The average molecular weight is 441 g/mol. The van der Waals surface area contributed by atoms with Crippen molar-refractivity contribution < 1.29 is 32.2 Å². The number of methoxy groups -OCH3 is 1. The van der Waals surface area contributed by atoms with E-state index in [0.29, 0.717) is 11.5 Å². The number of fused-ring (bicyclic) bond motifs is 1. The Morgan fingerprint density at radius 2 is 1.90 bits per heavy atom. The highest BCUT2D eigenvalue weighted by molar-refractivity contribution is 7.92. The van der Waals surface area contributed by atoms with Crippen LogP contribution in [0.1, 0.15) is 10.4 Å². The van der Waals surface area contributed by atoms with Crippen molar-refractivity contribution in [3.8, 4) is 11.5 Å². The van der Waals surface area contributed by atoms with Gasteiger partial charge in [0.2, 0.25) is 22.7 Å². The van der Waals surface area contributed by atoms with Gasteiger partial charge >= 0.3 is 5.97 Å². The number of halogens is 1. The summed E-state index contributed by atoms with van der Waals surface area (Å²) in [6, 6.07) is 8.75. The summed E-state index contributed by atoms with van der Waals surface area (Å²) in [7, 11) is -2.56. The molecule has 0 saturated carbocycles. The molecule has 0 bridgehead atoms. The number of sulfonamides is 1. The van der Waals surface area contributed by atoms with E-state index >= 15 is 0 Å². The Morgan fingerprint density at radius 3 is 2.59 bits per heavy atom. The SMILES string of the molecule is COC(=O)c1ccc(Cl)c(NC(=O)CN(c2ccc3c(c2)OCO3)S(C)(=O)=O)c1. The third-order valence-corrected chi connectivity index (χ3v) is 5.46. The van der Waals surface area contributed by atoms with Gasteiger partial charge in [0.1, 0.15) is 6.54 Å². The van der Waals surface area contributed by atoms with Gasteiger partial charge in [0.15, 0.2) is 11.5 Å². The number of anilines is 2. The summed E-state index contributed by atoms with van der Waals surface area (Å²) in [6.07, 6.45) is 0.982. The van der Waals surface area contributed by atoms with Gasteiger partial charge in [-0.25, -0.2) is 13.2 Å². The fraction of sp³-hybridized carbons (Fsp3) is 0.222. The Hall–Kier alpha value is -2.98. The first-order chi connectivity index (χ1) is 13.7. The van der Waals surface area contributed by atoms with Gasteiger partial charge in [0.05, 0.1) is 35.3 Å². The molecule has 29 heavy (non-hydrogen) atoms. The van der Waals surface area contributed by atoms with Crippen LogP contribution in [0.5, 0.6) is 11.5 Å². The fourth-order valence-electron chi connectivity index (χ4n) is 2.63. The molecule has 1 aliphatic rings. The topological polar surface area (TPSA) is 111 Å². The van der Waals surface area contributed by atoms with Gasteiger partial charge < -0.3 is 19.5 Å². The molecular weight excluding hydrogens is 424 g/mol. The number of carbonyl (C=O) groups is 2. The minimum Gasteiger partial charge on any atom is -0.465 e. The standard InChI is InChI=1S/C18H17ClN2O7S/c1-26-18(23)11-3-5-13(19)14(7-11)20-17(22)9-21(29(2,24)25)12-4-6-15-16(8-12)28-10-27-15/h3-8H,9-10H2,1-2H3,(H,20,22). The van der Waals surface area contributed by atoms with E-state index in [9.17, 15) is 18.0 Å². The number of nitrogens with zero attached hydrogens (tertiary/aromatic N) is 1. The molecule has 1 N–H and O–H groups in total. The van der Waals surface area contributed by atoms with Crippen molar-refractivity contribution >= 4 is 44.9 Å². The van der Waals surface area contributed by atoms with Crippen LogP contribution in [0.2, 0.25) is 5.02 Å². The van der Waals surface area contributed by atoms with Crippen molar-refractivity contribution in [1.29, 1.82) is 0 Å².